The first kappa shape index (κ1) is 19.4. The highest BCUT2D eigenvalue weighted by molar-refractivity contribution is 5.85. The fraction of sp³-hybridized carbons (Fsp3) is 0.467. The van der Waals surface area contributed by atoms with Crippen LogP contribution in [0.3, 0.4) is 0 Å². The minimum atomic E-state index is -0.365. The van der Waals surface area contributed by atoms with Gasteiger partial charge in [0.05, 0.1) is 25.6 Å². The molecule has 2 N–H and O–H groups in total. The molecule has 0 aliphatic carbocycles. The third-order valence-electron chi connectivity index (χ3n) is 2.91. The van der Waals surface area contributed by atoms with E-state index in [2.05, 4.69) is 10.6 Å². The molecule has 1 unspecified atom stereocenters. The van der Waals surface area contributed by atoms with Gasteiger partial charge in [0.1, 0.15) is 0 Å². The molecule has 0 heterocycles. The molecule has 0 spiro atoms. The molecule has 1 rings (SSSR count). The zero-order valence-corrected chi connectivity index (χ0v) is 13.5. The van der Waals surface area contributed by atoms with Crippen LogP contribution >= 0.6 is 12.4 Å². The van der Waals surface area contributed by atoms with Crippen LogP contribution in [0.15, 0.2) is 24.3 Å². The third-order valence-corrected chi connectivity index (χ3v) is 2.91. The number of carbonyl (C=O) groups is 2. The number of esters is 1. The lowest BCUT2D eigenvalue weighted by molar-refractivity contribution is -0.143. The highest BCUT2D eigenvalue weighted by atomic mass is 35.5. The van der Waals surface area contributed by atoms with Crippen LogP contribution in [0, 0.1) is 6.92 Å². The van der Waals surface area contributed by atoms with E-state index < -0.39 is 0 Å². The molecule has 21 heavy (non-hydrogen) atoms. The second-order valence-electron chi connectivity index (χ2n) is 4.52. The molecule has 1 amide bonds. The van der Waals surface area contributed by atoms with Crippen molar-refractivity contribution in [1.82, 2.24) is 10.6 Å². The minimum absolute atomic E-state index is 0. The first-order chi connectivity index (χ1) is 9.58. The van der Waals surface area contributed by atoms with E-state index >= 15 is 0 Å². The van der Waals surface area contributed by atoms with Gasteiger partial charge in [0.15, 0.2) is 0 Å². The van der Waals surface area contributed by atoms with Gasteiger partial charge in [-0.25, -0.2) is 0 Å². The molecule has 118 valence electrons. The standard InChI is InChI=1S/C15H22N2O3.ClH/c1-4-20-15(19)9-13(17-14(18)10-16-3)12-8-6-5-7-11(12)2;/h5-8,13,16H,4,9-10H2,1-3H3,(H,17,18);1H. The van der Waals surface area contributed by atoms with E-state index in [0.29, 0.717) is 6.61 Å². The number of ether oxygens (including phenoxy) is 1. The number of hydrogen-bond acceptors (Lipinski definition) is 4. The zero-order valence-electron chi connectivity index (χ0n) is 12.6. The highest BCUT2D eigenvalue weighted by Crippen LogP contribution is 2.21. The van der Waals surface area contributed by atoms with Gasteiger partial charge in [-0.3, -0.25) is 9.59 Å². The summed E-state index contributed by atoms with van der Waals surface area (Å²) in [6, 6.07) is 7.33. The van der Waals surface area contributed by atoms with Crippen molar-refractivity contribution in [2.45, 2.75) is 26.3 Å². The molecule has 0 aliphatic rings. The zero-order chi connectivity index (χ0) is 15.0. The number of halogens is 1. The molecule has 0 radical (unpaired) electrons. The largest absolute Gasteiger partial charge is 0.466 e. The van der Waals surface area contributed by atoms with Gasteiger partial charge in [-0.1, -0.05) is 24.3 Å². The maximum atomic E-state index is 11.8. The van der Waals surface area contributed by atoms with Gasteiger partial charge in [-0.05, 0) is 32.0 Å². The Morgan fingerprint density at radius 1 is 1.29 bits per heavy atom. The molecular formula is C15H23ClN2O3. The fourth-order valence-corrected chi connectivity index (χ4v) is 2.01. The number of likely N-dealkylation sites (N-methyl/N-ethyl adjacent to an activating group) is 1. The number of aryl methyl sites for hydroxylation is 1. The number of amides is 1. The van der Waals surface area contributed by atoms with E-state index in [1.807, 2.05) is 31.2 Å². The molecule has 1 atom stereocenters. The van der Waals surface area contributed by atoms with E-state index in [1.54, 1.807) is 14.0 Å². The van der Waals surface area contributed by atoms with Gasteiger partial charge < -0.3 is 15.4 Å². The van der Waals surface area contributed by atoms with Gasteiger partial charge in [0.25, 0.3) is 0 Å². The van der Waals surface area contributed by atoms with Gasteiger partial charge >= 0.3 is 5.97 Å². The van der Waals surface area contributed by atoms with Crippen LogP contribution in [0.1, 0.15) is 30.5 Å². The van der Waals surface area contributed by atoms with Gasteiger partial charge in [0.2, 0.25) is 5.91 Å². The van der Waals surface area contributed by atoms with Crippen LogP contribution in [0.5, 0.6) is 0 Å². The van der Waals surface area contributed by atoms with E-state index in [1.165, 1.54) is 0 Å². The summed E-state index contributed by atoms with van der Waals surface area (Å²) in [5.41, 5.74) is 1.97. The lowest BCUT2D eigenvalue weighted by atomic mass is 9.98. The Morgan fingerprint density at radius 2 is 1.95 bits per heavy atom. The van der Waals surface area contributed by atoms with Crippen molar-refractivity contribution in [3.63, 3.8) is 0 Å². The molecule has 0 aliphatic heterocycles. The molecule has 0 aromatic heterocycles. The summed E-state index contributed by atoms with van der Waals surface area (Å²) in [5.74, 6) is -0.462. The lowest BCUT2D eigenvalue weighted by Crippen LogP contribution is -2.36. The summed E-state index contributed by atoms with van der Waals surface area (Å²) in [5, 5.41) is 5.65. The van der Waals surface area contributed by atoms with Crippen LogP contribution in [-0.2, 0) is 14.3 Å². The Kier molecular flexibility index (Phi) is 9.41. The number of benzene rings is 1. The molecule has 1 aromatic rings. The Labute approximate surface area is 131 Å². The maximum absolute atomic E-state index is 11.8. The van der Waals surface area contributed by atoms with Crippen molar-refractivity contribution in [1.29, 1.82) is 0 Å². The molecule has 0 saturated carbocycles. The normalized spacial score (nSPS) is 11.2. The molecule has 0 fully saturated rings. The SMILES string of the molecule is CCOC(=O)CC(NC(=O)CNC)c1ccccc1C.Cl. The van der Waals surface area contributed by atoms with E-state index in [9.17, 15) is 9.59 Å². The van der Waals surface area contributed by atoms with Gasteiger partial charge in [-0.2, -0.15) is 0 Å². The fourth-order valence-electron chi connectivity index (χ4n) is 2.01. The van der Waals surface area contributed by atoms with Crippen molar-refractivity contribution in [2.24, 2.45) is 0 Å². The lowest BCUT2D eigenvalue weighted by Gasteiger charge is -2.20. The predicted octanol–water partition coefficient (Wildman–Crippen LogP) is 1.75. The third kappa shape index (κ3) is 6.60. The Morgan fingerprint density at radius 3 is 2.52 bits per heavy atom. The van der Waals surface area contributed by atoms with E-state index in [-0.39, 0.29) is 43.3 Å². The van der Waals surface area contributed by atoms with Gasteiger partial charge in [-0.15, -0.1) is 12.4 Å². The van der Waals surface area contributed by atoms with Crippen molar-refractivity contribution >= 4 is 24.3 Å². The van der Waals surface area contributed by atoms with Crippen molar-refractivity contribution in [2.75, 3.05) is 20.2 Å². The molecule has 0 bridgehead atoms. The smallest absolute Gasteiger partial charge is 0.308 e. The molecular weight excluding hydrogens is 292 g/mol. The average Bonchev–Trinajstić information content (AvgIpc) is 2.39. The number of hydrogen-bond donors (Lipinski definition) is 2. The summed E-state index contributed by atoms with van der Waals surface area (Å²) in [6.45, 7) is 4.27. The van der Waals surface area contributed by atoms with Crippen LogP contribution in [0.2, 0.25) is 0 Å². The predicted molar refractivity (Wildman–Crippen MR) is 84.5 cm³/mol. The minimum Gasteiger partial charge on any atom is -0.466 e. The second-order valence-corrected chi connectivity index (χ2v) is 4.52. The Bertz CT molecular complexity index is 446. The summed E-state index contributed by atoms with van der Waals surface area (Å²) >= 11 is 0. The molecule has 1 aromatic carbocycles. The van der Waals surface area contributed by atoms with E-state index in [0.717, 1.165) is 11.1 Å². The monoisotopic (exact) mass is 314 g/mol. The van der Waals surface area contributed by atoms with E-state index in [4.69, 9.17) is 4.74 Å². The topological polar surface area (TPSA) is 67.4 Å². The first-order valence-corrected chi connectivity index (χ1v) is 6.73. The second kappa shape index (κ2) is 10.2. The number of nitrogens with one attached hydrogen (secondary N) is 2. The van der Waals surface area contributed by atoms with Crippen LogP contribution < -0.4 is 10.6 Å². The first-order valence-electron chi connectivity index (χ1n) is 6.73. The summed E-state index contributed by atoms with van der Waals surface area (Å²) in [4.78, 5) is 23.4. The van der Waals surface area contributed by atoms with Crippen molar-refractivity contribution in [3.8, 4) is 0 Å². The van der Waals surface area contributed by atoms with Crippen LogP contribution in [0.4, 0.5) is 0 Å². The number of carbonyl (C=O) groups excluding carboxylic acids is 2. The summed E-state index contributed by atoms with van der Waals surface area (Å²) in [7, 11) is 1.70. The van der Waals surface area contributed by atoms with Crippen LogP contribution in [0.25, 0.3) is 0 Å². The maximum Gasteiger partial charge on any atom is 0.308 e. The average molecular weight is 315 g/mol. The molecule has 5 nitrogen and oxygen atoms in total. The molecule has 0 saturated heterocycles. The quantitative estimate of drug-likeness (QED) is 0.752. The number of rotatable bonds is 7. The summed E-state index contributed by atoms with van der Waals surface area (Å²) in [6.07, 6.45) is 0.133. The summed E-state index contributed by atoms with van der Waals surface area (Å²) < 4.78 is 4.97. The molecule has 6 heteroatoms. The highest BCUT2D eigenvalue weighted by Gasteiger charge is 2.20. The van der Waals surface area contributed by atoms with Gasteiger partial charge in [0, 0.05) is 0 Å². The van der Waals surface area contributed by atoms with Crippen molar-refractivity contribution < 1.29 is 14.3 Å². The Balaban J connectivity index is 0.00000400. The van der Waals surface area contributed by atoms with Crippen LogP contribution in [-0.4, -0.2) is 32.1 Å². The van der Waals surface area contributed by atoms with Crippen molar-refractivity contribution in [3.05, 3.63) is 35.4 Å². The Hall–Kier alpha value is -1.59.